The van der Waals surface area contributed by atoms with Gasteiger partial charge in [0.15, 0.2) is 5.96 Å². The van der Waals surface area contributed by atoms with Gasteiger partial charge in [-0.1, -0.05) is 0 Å². The molecule has 0 heterocycles. The molecule has 0 fully saturated rings. The molecule has 4 atom stereocenters. The van der Waals surface area contributed by atoms with E-state index in [0.717, 1.165) is 0 Å². The number of carboxylic acid groups (broad SMARTS) is 2. The maximum Gasteiger partial charge on any atom is 0.326 e. The summed E-state index contributed by atoms with van der Waals surface area (Å²) >= 11 is 0. The summed E-state index contributed by atoms with van der Waals surface area (Å²) in [5, 5.41) is 33.6. The van der Waals surface area contributed by atoms with E-state index in [1.807, 2.05) is 5.32 Å². The van der Waals surface area contributed by atoms with Gasteiger partial charge in [0.25, 0.3) is 0 Å². The number of aliphatic hydroxyl groups excluding tert-OH is 1. The lowest BCUT2D eigenvalue weighted by molar-refractivity contribution is -0.147. The van der Waals surface area contributed by atoms with Crippen molar-refractivity contribution in [1.29, 1.82) is 0 Å². The largest absolute Gasteiger partial charge is 0.481 e. The number of nitrogens with one attached hydrogen (secondary N) is 3. The monoisotopic (exact) mass is 447 g/mol. The molecule has 0 spiro atoms. The van der Waals surface area contributed by atoms with Crippen molar-refractivity contribution in [3.63, 3.8) is 0 Å². The topological polar surface area (TPSA) is 273 Å². The molecule has 31 heavy (non-hydrogen) atoms. The molecule has 0 aliphatic carbocycles. The SMILES string of the molecule is CC(O)C(N)C(=O)NCC(=O)NC(CCCN=C(N)N)C(=O)NC(CC(=O)O)C(=O)O. The van der Waals surface area contributed by atoms with Crippen LogP contribution in [0.3, 0.4) is 0 Å². The second-order valence-electron chi connectivity index (χ2n) is 6.55. The Morgan fingerprint density at radius 1 is 1.00 bits per heavy atom. The fraction of sp³-hybridized carbons (Fsp3) is 0.625. The lowest BCUT2D eigenvalue weighted by Gasteiger charge is -2.21. The Balaban J connectivity index is 5.09. The van der Waals surface area contributed by atoms with Crippen LogP contribution in [0, 0.1) is 0 Å². The Hall–Kier alpha value is -3.46. The molecule has 176 valence electrons. The van der Waals surface area contributed by atoms with Gasteiger partial charge >= 0.3 is 11.9 Å². The maximum atomic E-state index is 12.4. The van der Waals surface area contributed by atoms with E-state index in [-0.39, 0.29) is 25.3 Å². The van der Waals surface area contributed by atoms with Gasteiger partial charge in [0.2, 0.25) is 17.7 Å². The third-order valence-corrected chi connectivity index (χ3v) is 3.84. The van der Waals surface area contributed by atoms with Crippen LogP contribution in [0.25, 0.3) is 0 Å². The van der Waals surface area contributed by atoms with Crippen LogP contribution in [-0.2, 0) is 24.0 Å². The summed E-state index contributed by atoms with van der Waals surface area (Å²) in [6.07, 6.45) is -1.83. The number of nitrogens with zero attached hydrogens (tertiary/aromatic N) is 1. The first-order chi connectivity index (χ1) is 14.3. The van der Waals surface area contributed by atoms with Crippen molar-refractivity contribution >= 4 is 35.6 Å². The molecule has 0 aliphatic rings. The zero-order valence-electron chi connectivity index (χ0n) is 16.9. The summed E-state index contributed by atoms with van der Waals surface area (Å²) in [7, 11) is 0. The maximum absolute atomic E-state index is 12.4. The molecule has 15 nitrogen and oxygen atoms in total. The van der Waals surface area contributed by atoms with E-state index in [1.54, 1.807) is 0 Å². The molecule has 0 aromatic heterocycles. The van der Waals surface area contributed by atoms with Crippen molar-refractivity contribution in [2.24, 2.45) is 22.2 Å². The van der Waals surface area contributed by atoms with Gasteiger partial charge in [0, 0.05) is 6.54 Å². The van der Waals surface area contributed by atoms with E-state index in [2.05, 4.69) is 15.6 Å². The minimum absolute atomic E-state index is 0.0190. The minimum Gasteiger partial charge on any atom is -0.481 e. The van der Waals surface area contributed by atoms with Crippen LogP contribution in [0.5, 0.6) is 0 Å². The standard InChI is InChI=1S/C16H29N7O8/c1-7(24)12(17)14(29)21-6-10(25)22-8(3-2-4-20-16(18)19)13(28)23-9(15(30)31)5-11(26)27/h7-9,12,24H,2-6,17H2,1H3,(H,21,29)(H,22,25)(H,23,28)(H,26,27)(H,30,31)(H4,18,19,20). The quantitative estimate of drug-likeness (QED) is 0.0693. The number of aliphatic hydroxyl groups is 1. The number of nitrogens with two attached hydrogens (primary N) is 3. The van der Waals surface area contributed by atoms with Gasteiger partial charge < -0.3 is 48.5 Å². The number of hydrogen-bond acceptors (Lipinski definition) is 8. The number of carbonyl (C=O) groups excluding carboxylic acids is 3. The number of aliphatic carboxylic acids is 2. The molecule has 0 saturated carbocycles. The van der Waals surface area contributed by atoms with Crippen LogP contribution in [-0.4, -0.2) is 88.3 Å². The highest BCUT2D eigenvalue weighted by atomic mass is 16.4. The Morgan fingerprint density at radius 3 is 2.10 bits per heavy atom. The number of carbonyl (C=O) groups is 5. The molecule has 0 aromatic rings. The highest BCUT2D eigenvalue weighted by Gasteiger charge is 2.28. The number of carboxylic acids is 2. The van der Waals surface area contributed by atoms with Crippen LogP contribution < -0.4 is 33.2 Å². The summed E-state index contributed by atoms with van der Waals surface area (Å²) in [5.41, 5.74) is 15.8. The zero-order valence-corrected chi connectivity index (χ0v) is 16.9. The van der Waals surface area contributed by atoms with Crippen molar-refractivity contribution in [2.45, 2.75) is 50.4 Å². The first kappa shape index (κ1) is 27.5. The zero-order chi connectivity index (χ0) is 24.1. The third-order valence-electron chi connectivity index (χ3n) is 3.84. The van der Waals surface area contributed by atoms with Crippen molar-refractivity contribution in [2.75, 3.05) is 13.1 Å². The lowest BCUT2D eigenvalue weighted by atomic mass is 10.1. The van der Waals surface area contributed by atoms with Gasteiger partial charge in [-0.05, 0) is 19.8 Å². The Labute approximate surface area is 177 Å². The summed E-state index contributed by atoms with van der Waals surface area (Å²) in [5.74, 6) is -5.75. The van der Waals surface area contributed by atoms with E-state index in [0.29, 0.717) is 0 Å². The molecular weight excluding hydrogens is 418 g/mol. The molecule has 3 amide bonds. The number of rotatable bonds is 14. The first-order valence-corrected chi connectivity index (χ1v) is 9.16. The summed E-state index contributed by atoms with van der Waals surface area (Å²) in [6.45, 7) is 0.825. The molecule has 12 N–H and O–H groups in total. The highest BCUT2D eigenvalue weighted by molar-refractivity contribution is 5.93. The van der Waals surface area contributed by atoms with E-state index >= 15 is 0 Å². The normalized spacial score (nSPS) is 14.3. The number of aliphatic imine (C=N–C) groups is 1. The van der Waals surface area contributed by atoms with Crippen molar-refractivity contribution in [3.8, 4) is 0 Å². The van der Waals surface area contributed by atoms with Crippen LogP contribution in [0.1, 0.15) is 26.2 Å². The van der Waals surface area contributed by atoms with Crippen LogP contribution in [0.2, 0.25) is 0 Å². The highest BCUT2D eigenvalue weighted by Crippen LogP contribution is 2.02. The Kier molecular flexibility index (Phi) is 12.2. The van der Waals surface area contributed by atoms with Gasteiger partial charge in [0.1, 0.15) is 18.1 Å². The van der Waals surface area contributed by atoms with Gasteiger partial charge in [-0.2, -0.15) is 0 Å². The molecule has 0 bridgehead atoms. The molecule has 0 saturated heterocycles. The van der Waals surface area contributed by atoms with Crippen LogP contribution in [0.4, 0.5) is 0 Å². The van der Waals surface area contributed by atoms with Crippen molar-refractivity contribution < 1.29 is 39.3 Å². The van der Waals surface area contributed by atoms with Crippen LogP contribution >= 0.6 is 0 Å². The van der Waals surface area contributed by atoms with E-state index in [9.17, 15) is 29.1 Å². The Morgan fingerprint density at radius 2 is 1.61 bits per heavy atom. The van der Waals surface area contributed by atoms with Gasteiger partial charge in [-0.3, -0.25) is 24.2 Å². The average Bonchev–Trinajstić information content (AvgIpc) is 2.66. The minimum atomic E-state index is -1.72. The predicted octanol–water partition coefficient (Wildman–Crippen LogP) is -4.61. The fourth-order valence-corrected chi connectivity index (χ4v) is 2.17. The van der Waals surface area contributed by atoms with Gasteiger partial charge in [-0.25, -0.2) is 4.79 Å². The molecule has 0 radical (unpaired) electrons. The Bertz CT molecular complexity index is 693. The van der Waals surface area contributed by atoms with E-state index in [4.69, 9.17) is 27.4 Å². The fourth-order valence-electron chi connectivity index (χ4n) is 2.17. The smallest absolute Gasteiger partial charge is 0.326 e. The predicted molar refractivity (Wildman–Crippen MR) is 106 cm³/mol. The van der Waals surface area contributed by atoms with Crippen molar-refractivity contribution in [3.05, 3.63) is 0 Å². The first-order valence-electron chi connectivity index (χ1n) is 9.16. The summed E-state index contributed by atoms with van der Waals surface area (Å²) in [4.78, 5) is 61.9. The average molecular weight is 447 g/mol. The lowest BCUT2D eigenvalue weighted by Crippen LogP contribution is -2.54. The number of guanidine groups is 1. The molecule has 0 aromatic carbocycles. The molecule has 0 aliphatic heterocycles. The van der Waals surface area contributed by atoms with Crippen LogP contribution in [0.15, 0.2) is 4.99 Å². The second kappa shape index (κ2) is 13.7. The van der Waals surface area contributed by atoms with E-state index in [1.165, 1.54) is 6.92 Å². The summed E-state index contributed by atoms with van der Waals surface area (Å²) in [6, 6.07) is -4.25. The second-order valence-corrected chi connectivity index (χ2v) is 6.55. The van der Waals surface area contributed by atoms with Gasteiger partial charge in [0.05, 0.1) is 19.1 Å². The number of amides is 3. The van der Waals surface area contributed by atoms with E-state index < -0.39 is 66.9 Å². The molecule has 4 unspecified atom stereocenters. The summed E-state index contributed by atoms with van der Waals surface area (Å²) < 4.78 is 0. The third kappa shape index (κ3) is 12.0. The molecule has 15 heteroatoms. The number of hydrogen-bond donors (Lipinski definition) is 9. The van der Waals surface area contributed by atoms with Crippen molar-refractivity contribution in [1.82, 2.24) is 16.0 Å². The molecular formula is C16H29N7O8. The molecule has 0 rings (SSSR count). The van der Waals surface area contributed by atoms with Gasteiger partial charge in [-0.15, -0.1) is 0 Å².